The molecule has 0 saturated heterocycles. The molecule has 208 valence electrons. The van der Waals surface area contributed by atoms with Crippen LogP contribution in [0, 0.1) is 11.7 Å². The fourth-order valence-electron chi connectivity index (χ4n) is 5.57. The molecule has 2 aromatic carbocycles. The first-order valence-corrected chi connectivity index (χ1v) is 13.1. The van der Waals surface area contributed by atoms with Crippen LogP contribution in [-0.4, -0.2) is 54.6 Å². The second-order valence-electron chi connectivity index (χ2n) is 10.2. The number of hydrogen-bond acceptors (Lipinski definition) is 6. The Hall–Kier alpha value is -4.02. The lowest BCUT2D eigenvalue weighted by Crippen LogP contribution is -2.60. The summed E-state index contributed by atoms with van der Waals surface area (Å²) in [6, 6.07) is 12.4. The van der Waals surface area contributed by atoms with E-state index in [-0.39, 0.29) is 39.9 Å². The summed E-state index contributed by atoms with van der Waals surface area (Å²) in [6.07, 6.45) is 2.58. The molecule has 11 heteroatoms. The number of benzene rings is 2. The van der Waals surface area contributed by atoms with Crippen LogP contribution in [0.25, 0.3) is 0 Å². The highest BCUT2D eigenvalue weighted by Crippen LogP contribution is 2.48. The third kappa shape index (κ3) is 4.89. The summed E-state index contributed by atoms with van der Waals surface area (Å²) in [4.78, 5) is 54.9. The number of carbonyl (C=O) groups is 3. The van der Waals surface area contributed by atoms with Gasteiger partial charge in [-0.2, -0.15) is 0 Å². The minimum atomic E-state index is -0.925. The quantitative estimate of drug-likeness (QED) is 0.437. The van der Waals surface area contributed by atoms with E-state index >= 15 is 0 Å². The van der Waals surface area contributed by atoms with Crippen molar-refractivity contribution in [3.8, 4) is 5.75 Å². The molecule has 9 nitrogen and oxygen atoms in total. The number of nitrogens with zero attached hydrogens (tertiary/aromatic N) is 2. The Morgan fingerprint density at radius 3 is 2.55 bits per heavy atom. The van der Waals surface area contributed by atoms with Gasteiger partial charge in [0.25, 0.3) is 11.8 Å². The van der Waals surface area contributed by atoms with E-state index in [1.54, 1.807) is 43.0 Å². The number of nitrogens with one attached hydrogen (secondary N) is 1. The summed E-state index contributed by atoms with van der Waals surface area (Å²) in [5, 5.41) is 2.45. The average molecular weight is 568 g/mol. The predicted molar refractivity (Wildman–Crippen MR) is 144 cm³/mol. The lowest BCUT2D eigenvalue weighted by atomic mass is 9.67. The summed E-state index contributed by atoms with van der Waals surface area (Å²) in [5.41, 5.74) is -1.69. The van der Waals surface area contributed by atoms with Gasteiger partial charge in [0.1, 0.15) is 11.4 Å². The molecule has 0 radical (unpaired) electrons. The van der Waals surface area contributed by atoms with Crippen molar-refractivity contribution in [3.05, 3.63) is 98.2 Å². The van der Waals surface area contributed by atoms with Gasteiger partial charge >= 0.3 is 5.97 Å². The Bertz CT molecular complexity index is 1550. The molecule has 1 aliphatic carbocycles. The van der Waals surface area contributed by atoms with E-state index in [4.69, 9.17) is 21.1 Å². The smallest absolute Gasteiger partial charge is 0.343 e. The van der Waals surface area contributed by atoms with Gasteiger partial charge in [0.15, 0.2) is 5.69 Å². The molecule has 1 aromatic heterocycles. The SMILES string of the molecule is COCC1CC2(C1)CN(C)C(=O)c1c(OC(=O)c3ccccc3)c(=O)c(C(=O)NCc3cccc(Cl)c3F)cn12. The third-order valence-corrected chi connectivity index (χ3v) is 7.71. The van der Waals surface area contributed by atoms with Crippen molar-refractivity contribution in [1.82, 2.24) is 14.8 Å². The van der Waals surface area contributed by atoms with Gasteiger partial charge < -0.3 is 24.3 Å². The van der Waals surface area contributed by atoms with Gasteiger partial charge in [0, 0.05) is 45.6 Å². The standard InChI is InChI=1S/C29H27ClFN3O6/c1-33-16-29(11-17(12-29)15-39-2)34-14-20(26(36)32-13-19-9-6-10-21(30)22(19)31)24(35)25(23(34)27(33)37)40-28(38)18-7-4-3-5-8-18/h3-10,14,17H,11-13,15-16H2,1-2H3,(H,32,36). The Morgan fingerprint density at radius 1 is 1.12 bits per heavy atom. The molecule has 1 N–H and O–H groups in total. The second kappa shape index (κ2) is 10.9. The van der Waals surface area contributed by atoms with Gasteiger partial charge in [-0.15, -0.1) is 0 Å². The van der Waals surface area contributed by atoms with Gasteiger partial charge in [-0.3, -0.25) is 14.4 Å². The van der Waals surface area contributed by atoms with Gasteiger partial charge in [-0.05, 0) is 37.0 Å². The largest absolute Gasteiger partial charge is 0.416 e. The molecule has 2 amide bonds. The van der Waals surface area contributed by atoms with Crippen molar-refractivity contribution in [2.45, 2.75) is 24.9 Å². The van der Waals surface area contributed by atoms with Crippen LogP contribution in [0.1, 0.15) is 49.6 Å². The van der Waals surface area contributed by atoms with Gasteiger partial charge in [0.05, 0.1) is 16.1 Å². The summed E-state index contributed by atoms with van der Waals surface area (Å²) in [7, 11) is 3.23. The van der Waals surface area contributed by atoms with E-state index < -0.39 is 40.3 Å². The number of halogens is 2. The van der Waals surface area contributed by atoms with Gasteiger partial charge in [0.2, 0.25) is 11.2 Å². The molecule has 1 fully saturated rings. The molecule has 2 aliphatic rings. The Morgan fingerprint density at radius 2 is 1.85 bits per heavy atom. The van der Waals surface area contributed by atoms with Crippen LogP contribution in [0.15, 0.2) is 59.5 Å². The maximum Gasteiger partial charge on any atom is 0.343 e. The molecule has 5 rings (SSSR count). The highest BCUT2D eigenvalue weighted by Gasteiger charge is 2.52. The van der Waals surface area contributed by atoms with Crippen molar-refractivity contribution in [1.29, 1.82) is 0 Å². The van der Waals surface area contributed by atoms with E-state index in [0.29, 0.717) is 26.0 Å². The van der Waals surface area contributed by atoms with Crippen LogP contribution in [0.4, 0.5) is 4.39 Å². The Kier molecular flexibility index (Phi) is 7.48. The Balaban J connectivity index is 1.58. The first-order chi connectivity index (χ1) is 19.1. The van der Waals surface area contributed by atoms with E-state index in [2.05, 4.69) is 5.32 Å². The zero-order chi connectivity index (χ0) is 28.6. The molecule has 1 aliphatic heterocycles. The number of amides is 2. The number of likely N-dealkylation sites (N-methyl/N-ethyl adjacent to an activating group) is 1. The molecule has 0 unspecified atom stereocenters. The highest BCUT2D eigenvalue weighted by molar-refractivity contribution is 6.30. The maximum absolute atomic E-state index is 14.4. The van der Waals surface area contributed by atoms with Crippen LogP contribution in [-0.2, 0) is 16.8 Å². The Labute approximate surface area is 234 Å². The number of pyridine rings is 1. The monoisotopic (exact) mass is 567 g/mol. The number of methoxy groups -OCH3 is 1. The number of rotatable bonds is 7. The molecule has 0 bridgehead atoms. The minimum Gasteiger partial charge on any atom is -0.416 e. The summed E-state index contributed by atoms with van der Waals surface area (Å²) in [6.45, 7) is 0.611. The molecule has 0 atom stereocenters. The zero-order valence-corrected chi connectivity index (χ0v) is 22.7. The fraction of sp³-hybridized carbons (Fsp3) is 0.310. The third-order valence-electron chi connectivity index (χ3n) is 7.42. The molecular weight excluding hydrogens is 541 g/mol. The number of carbonyl (C=O) groups excluding carboxylic acids is 3. The number of aromatic nitrogens is 1. The van der Waals surface area contributed by atoms with E-state index in [1.807, 2.05) is 0 Å². The number of ether oxygens (including phenoxy) is 2. The first-order valence-electron chi connectivity index (χ1n) is 12.7. The van der Waals surface area contributed by atoms with Crippen LogP contribution in [0.2, 0.25) is 5.02 Å². The maximum atomic E-state index is 14.4. The van der Waals surface area contributed by atoms with Crippen LogP contribution < -0.4 is 15.5 Å². The molecule has 3 aromatic rings. The minimum absolute atomic E-state index is 0.101. The van der Waals surface area contributed by atoms with Gasteiger partial charge in [-0.1, -0.05) is 41.9 Å². The molecule has 1 saturated carbocycles. The number of hydrogen-bond donors (Lipinski definition) is 1. The molecule has 2 heterocycles. The molecular formula is C29H27ClFN3O6. The second-order valence-corrected chi connectivity index (χ2v) is 10.6. The van der Waals surface area contributed by atoms with E-state index in [9.17, 15) is 23.6 Å². The highest BCUT2D eigenvalue weighted by atomic mass is 35.5. The molecule has 1 spiro atoms. The summed E-state index contributed by atoms with van der Waals surface area (Å²) >= 11 is 5.85. The van der Waals surface area contributed by atoms with Crippen LogP contribution >= 0.6 is 11.6 Å². The van der Waals surface area contributed by atoms with E-state index in [1.165, 1.54) is 35.4 Å². The van der Waals surface area contributed by atoms with E-state index in [0.717, 1.165) is 0 Å². The van der Waals surface area contributed by atoms with Crippen molar-refractivity contribution in [3.63, 3.8) is 0 Å². The summed E-state index contributed by atoms with van der Waals surface area (Å²) < 4.78 is 26.9. The molecule has 40 heavy (non-hydrogen) atoms. The van der Waals surface area contributed by atoms with Crippen molar-refractivity contribution in [2.24, 2.45) is 5.92 Å². The van der Waals surface area contributed by atoms with Crippen molar-refractivity contribution < 1.29 is 28.2 Å². The lowest BCUT2D eigenvalue weighted by Gasteiger charge is -2.54. The van der Waals surface area contributed by atoms with Crippen molar-refractivity contribution in [2.75, 3.05) is 27.3 Å². The average Bonchev–Trinajstić information content (AvgIpc) is 2.92. The first kappa shape index (κ1) is 27.5. The topological polar surface area (TPSA) is 107 Å². The fourth-order valence-corrected chi connectivity index (χ4v) is 5.76. The summed E-state index contributed by atoms with van der Waals surface area (Å²) in [5.74, 6) is -3.18. The van der Waals surface area contributed by atoms with Crippen LogP contribution in [0.3, 0.4) is 0 Å². The predicted octanol–water partition coefficient (Wildman–Crippen LogP) is 3.63. The number of esters is 1. The van der Waals surface area contributed by atoms with Crippen molar-refractivity contribution >= 4 is 29.4 Å². The number of fused-ring (bicyclic) bond motifs is 2. The van der Waals surface area contributed by atoms with Crippen LogP contribution in [0.5, 0.6) is 5.75 Å². The normalized spacial score (nSPS) is 19.6. The van der Waals surface area contributed by atoms with Gasteiger partial charge in [-0.25, -0.2) is 9.18 Å². The lowest BCUT2D eigenvalue weighted by molar-refractivity contribution is -0.0190. The zero-order valence-electron chi connectivity index (χ0n) is 21.9.